The Kier molecular flexibility index (Phi) is 3.99. The zero-order valence-corrected chi connectivity index (χ0v) is 10.4. The van der Waals surface area contributed by atoms with E-state index < -0.39 is 0 Å². The fourth-order valence-electron chi connectivity index (χ4n) is 2.09. The Balaban J connectivity index is 2.26. The average Bonchev–Trinajstić information content (AvgIpc) is 2.46. The van der Waals surface area contributed by atoms with Crippen LogP contribution in [0.4, 0.5) is 5.82 Å². The second-order valence-corrected chi connectivity index (χ2v) is 4.22. The number of rotatable bonds is 3. The third-order valence-corrected chi connectivity index (χ3v) is 3.14. The standard InChI is InChI=1S/C12H18N4O2/c1-2-10-8-18-6-5-16(10)11-7-9(3-4-14-11)12(13)15-17/h3-4,7,10,17H,2,5-6,8H2,1H3,(H2,13,15). The minimum absolute atomic E-state index is 0.0972. The van der Waals surface area contributed by atoms with Gasteiger partial charge in [0.1, 0.15) is 5.82 Å². The second-order valence-electron chi connectivity index (χ2n) is 4.22. The topological polar surface area (TPSA) is 84.0 Å². The van der Waals surface area contributed by atoms with Gasteiger partial charge in [-0.25, -0.2) is 4.98 Å². The van der Waals surface area contributed by atoms with Crippen LogP contribution in [0, 0.1) is 0 Å². The molecule has 1 unspecified atom stereocenters. The lowest BCUT2D eigenvalue weighted by Crippen LogP contribution is -2.45. The number of amidine groups is 1. The molecule has 0 spiro atoms. The van der Waals surface area contributed by atoms with Crippen molar-refractivity contribution in [3.05, 3.63) is 23.9 Å². The van der Waals surface area contributed by atoms with E-state index in [9.17, 15) is 0 Å². The third-order valence-electron chi connectivity index (χ3n) is 3.14. The van der Waals surface area contributed by atoms with Gasteiger partial charge in [0.2, 0.25) is 0 Å². The fraction of sp³-hybridized carbons (Fsp3) is 0.500. The maximum Gasteiger partial charge on any atom is 0.170 e. The Morgan fingerprint density at radius 3 is 3.28 bits per heavy atom. The Morgan fingerprint density at radius 1 is 1.72 bits per heavy atom. The van der Waals surface area contributed by atoms with Crippen LogP contribution >= 0.6 is 0 Å². The van der Waals surface area contributed by atoms with E-state index >= 15 is 0 Å². The molecule has 1 aliphatic heterocycles. The molecule has 0 radical (unpaired) electrons. The molecule has 1 fully saturated rings. The first-order valence-electron chi connectivity index (χ1n) is 6.04. The van der Waals surface area contributed by atoms with Crippen molar-refractivity contribution in [1.82, 2.24) is 4.98 Å². The lowest BCUT2D eigenvalue weighted by atomic mass is 10.1. The van der Waals surface area contributed by atoms with Crippen molar-refractivity contribution in [2.45, 2.75) is 19.4 Å². The Bertz CT molecular complexity index is 436. The molecule has 0 saturated carbocycles. The van der Waals surface area contributed by atoms with Crippen LogP contribution in [0.25, 0.3) is 0 Å². The van der Waals surface area contributed by atoms with E-state index in [1.54, 1.807) is 12.3 Å². The number of hydrogen-bond acceptors (Lipinski definition) is 5. The predicted molar refractivity (Wildman–Crippen MR) is 69.0 cm³/mol. The van der Waals surface area contributed by atoms with Gasteiger partial charge in [0.05, 0.1) is 19.3 Å². The number of nitrogens with zero attached hydrogens (tertiary/aromatic N) is 3. The molecule has 1 aromatic heterocycles. The zero-order chi connectivity index (χ0) is 13.0. The summed E-state index contributed by atoms with van der Waals surface area (Å²) in [6, 6.07) is 3.89. The van der Waals surface area contributed by atoms with Crippen LogP contribution in [0.3, 0.4) is 0 Å². The molecule has 3 N–H and O–H groups in total. The first kappa shape index (κ1) is 12.6. The molecule has 0 amide bonds. The van der Waals surface area contributed by atoms with Crippen molar-refractivity contribution in [3.8, 4) is 0 Å². The van der Waals surface area contributed by atoms with E-state index in [4.69, 9.17) is 15.7 Å². The summed E-state index contributed by atoms with van der Waals surface area (Å²) in [6.07, 6.45) is 2.67. The number of pyridine rings is 1. The van der Waals surface area contributed by atoms with Crippen molar-refractivity contribution in [3.63, 3.8) is 0 Å². The van der Waals surface area contributed by atoms with Gasteiger partial charge in [0.15, 0.2) is 5.84 Å². The van der Waals surface area contributed by atoms with Gasteiger partial charge in [-0.05, 0) is 18.6 Å². The van der Waals surface area contributed by atoms with Crippen molar-refractivity contribution in [2.24, 2.45) is 10.9 Å². The Morgan fingerprint density at radius 2 is 2.56 bits per heavy atom. The summed E-state index contributed by atoms with van der Waals surface area (Å²) >= 11 is 0. The van der Waals surface area contributed by atoms with Crippen LogP contribution in [-0.4, -0.2) is 41.8 Å². The molecule has 18 heavy (non-hydrogen) atoms. The zero-order valence-electron chi connectivity index (χ0n) is 10.4. The molecule has 1 aliphatic rings. The van der Waals surface area contributed by atoms with E-state index in [-0.39, 0.29) is 5.84 Å². The van der Waals surface area contributed by atoms with Gasteiger partial charge in [0.25, 0.3) is 0 Å². The largest absolute Gasteiger partial charge is 0.409 e. The quantitative estimate of drug-likeness (QED) is 0.358. The molecule has 1 saturated heterocycles. The van der Waals surface area contributed by atoms with Gasteiger partial charge in [-0.3, -0.25) is 0 Å². The maximum atomic E-state index is 8.70. The van der Waals surface area contributed by atoms with Crippen LogP contribution in [-0.2, 0) is 4.74 Å². The van der Waals surface area contributed by atoms with E-state index in [1.807, 2.05) is 6.07 Å². The predicted octanol–water partition coefficient (Wildman–Crippen LogP) is 0.791. The second kappa shape index (κ2) is 5.68. The van der Waals surface area contributed by atoms with Crippen molar-refractivity contribution < 1.29 is 9.94 Å². The first-order chi connectivity index (χ1) is 8.76. The van der Waals surface area contributed by atoms with Crippen LogP contribution in [0.2, 0.25) is 0 Å². The summed E-state index contributed by atoms with van der Waals surface area (Å²) in [6.45, 7) is 4.35. The van der Waals surface area contributed by atoms with Gasteiger partial charge in [-0.15, -0.1) is 0 Å². The van der Waals surface area contributed by atoms with Crippen molar-refractivity contribution in [1.29, 1.82) is 0 Å². The molecule has 2 heterocycles. The number of aromatic nitrogens is 1. The third kappa shape index (κ3) is 2.53. The summed E-state index contributed by atoms with van der Waals surface area (Å²) in [5, 5.41) is 11.7. The van der Waals surface area contributed by atoms with Crippen molar-refractivity contribution in [2.75, 3.05) is 24.7 Å². The maximum absolute atomic E-state index is 8.70. The van der Waals surface area contributed by atoms with Gasteiger partial charge >= 0.3 is 0 Å². The van der Waals surface area contributed by atoms with E-state index in [1.165, 1.54) is 0 Å². The lowest BCUT2D eigenvalue weighted by Gasteiger charge is -2.36. The molecule has 0 aliphatic carbocycles. The molecule has 1 aromatic rings. The highest BCUT2D eigenvalue weighted by molar-refractivity contribution is 5.97. The number of morpholine rings is 1. The van der Waals surface area contributed by atoms with E-state index in [0.29, 0.717) is 24.8 Å². The Hall–Kier alpha value is -1.82. The molecule has 1 atom stereocenters. The monoisotopic (exact) mass is 250 g/mol. The molecular formula is C12H18N4O2. The van der Waals surface area contributed by atoms with E-state index in [2.05, 4.69) is 22.0 Å². The van der Waals surface area contributed by atoms with E-state index in [0.717, 1.165) is 18.8 Å². The summed E-state index contributed by atoms with van der Waals surface area (Å²) in [7, 11) is 0. The summed E-state index contributed by atoms with van der Waals surface area (Å²) < 4.78 is 5.47. The fourth-order valence-corrected chi connectivity index (χ4v) is 2.09. The smallest absolute Gasteiger partial charge is 0.170 e. The summed E-state index contributed by atoms with van der Waals surface area (Å²) in [5.41, 5.74) is 6.26. The Labute approximate surface area is 106 Å². The lowest BCUT2D eigenvalue weighted by molar-refractivity contribution is 0.0926. The number of anilines is 1. The van der Waals surface area contributed by atoms with Gasteiger partial charge in [-0.1, -0.05) is 12.1 Å². The number of hydrogen-bond donors (Lipinski definition) is 2. The van der Waals surface area contributed by atoms with Crippen LogP contribution in [0.1, 0.15) is 18.9 Å². The van der Waals surface area contributed by atoms with Crippen LogP contribution < -0.4 is 10.6 Å². The molecule has 0 bridgehead atoms. The highest BCUT2D eigenvalue weighted by Crippen LogP contribution is 2.19. The SMILES string of the molecule is CCC1COCCN1c1cc(/C(N)=N/O)ccn1. The summed E-state index contributed by atoms with van der Waals surface area (Å²) in [4.78, 5) is 6.56. The molecule has 0 aromatic carbocycles. The number of nitrogens with two attached hydrogens (primary N) is 1. The normalized spacial score (nSPS) is 21.1. The molecule has 6 nitrogen and oxygen atoms in total. The van der Waals surface area contributed by atoms with Gasteiger partial charge in [0, 0.05) is 18.3 Å². The molecule has 2 rings (SSSR count). The highest BCUT2D eigenvalue weighted by Gasteiger charge is 2.22. The number of oxime groups is 1. The van der Waals surface area contributed by atoms with Gasteiger partial charge in [-0.2, -0.15) is 0 Å². The highest BCUT2D eigenvalue weighted by atomic mass is 16.5. The molecule has 6 heteroatoms. The van der Waals surface area contributed by atoms with Gasteiger partial charge < -0.3 is 20.6 Å². The molecule has 98 valence electrons. The van der Waals surface area contributed by atoms with Crippen LogP contribution in [0.5, 0.6) is 0 Å². The van der Waals surface area contributed by atoms with Crippen molar-refractivity contribution >= 4 is 11.7 Å². The minimum atomic E-state index is 0.0972. The summed E-state index contributed by atoms with van der Waals surface area (Å²) in [5.74, 6) is 0.939. The first-order valence-corrected chi connectivity index (χ1v) is 6.04. The van der Waals surface area contributed by atoms with Crippen LogP contribution in [0.15, 0.2) is 23.5 Å². The minimum Gasteiger partial charge on any atom is -0.409 e. The average molecular weight is 250 g/mol. The molecular weight excluding hydrogens is 232 g/mol. The number of ether oxygens (including phenoxy) is 1.